The van der Waals surface area contributed by atoms with Crippen LogP contribution in [0.2, 0.25) is 0 Å². The van der Waals surface area contributed by atoms with Crippen LogP contribution in [0, 0.1) is 5.92 Å². The van der Waals surface area contributed by atoms with E-state index in [1.165, 1.54) is 0 Å². The maximum absolute atomic E-state index is 11.4. The first-order valence-corrected chi connectivity index (χ1v) is 5.00. The minimum absolute atomic E-state index is 0.272. The largest absolute Gasteiger partial charge is 0.365 e. The lowest BCUT2D eigenvalue weighted by molar-refractivity contribution is -0.122. The summed E-state index contributed by atoms with van der Waals surface area (Å²) in [5.41, 5.74) is 5.98. The smallest absolute Gasteiger partial charge is 0.139 e. The third-order valence-electron chi connectivity index (χ3n) is 3.37. The van der Waals surface area contributed by atoms with E-state index in [2.05, 4.69) is 15.4 Å². The molecule has 4 heteroatoms. The highest BCUT2D eigenvalue weighted by Gasteiger charge is 2.45. The van der Waals surface area contributed by atoms with Gasteiger partial charge in [0, 0.05) is 24.9 Å². The summed E-state index contributed by atoms with van der Waals surface area (Å²) in [6, 6.07) is 0.414. The number of allylic oxidation sites excluding steroid dienone is 1. The van der Waals surface area contributed by atoms with Crippen LogP contribution in [0.5, 0.6) is 0 Å². The third-order valence-corrected chi connectivity index (χ3v) is 3.37. The van der Waals surface area contributed by atoms with Crippen LogP contribution in [0.1, 0.15) is 19.8 Å². The molecule has 2 heterocycles. The number of carbonyl (C=O) groups excluding carboxylic acids is 1. The quantitative estimate of drug-likeness (QED) is 0.604. The summed E-state index contributed by atoms with van der Waals surface area (Å²) >= 11 is 0. The van der Waals surface area contributed by atoms with E-state index in [0.29, 0.717) is 11.8 Å². The summed E-state index contributed by atoms with van der Waals surface area (Å²) in [6.07, 6.45) is 3.55. The average Bonchev–Trinajstić information content (AvgIpc) is 2.78. The van der Waals surface area contributed by atoms with Crippen molar-refractivity contribution in [2.45, 2.75) is 25.8 Å². The van der Waals surface area contributed by atoms with E-state index in [0.717, 1.165) is 30.8 Å². The molecule has 0 spiro atoms. The number of piperidine rings is 1. The van der Waals surface area contributed by atoms with Crippen LogP contribution in [0.4, 0.5) is 0 Å². The lowest BCUT2D eigenvalue weighted by Gasteiger charge is -2.28. The van der Waals surface area contributed by atoms with Gasteiger partial charge in [-0.15, -0.1) is 0 Å². The van der Waals surface area contributed by atoms with E-state index in [9.17, 15) is 4.79 Å². The van der Waals surface area contributed by atoms with Crippen molar-refractivity contribution in [3.8, 4) is 0 Å². The molecule has 3 aliphatic rings. The van der Waals surface area contributed by atoms with Crippen LogP contribution < -0.4 is 5.43 Å². The van der Waals surface area contributed by atoms with E-state index in [1.807, 2.05) is 6.92 Å². The second-order valence-electron chi connectivity index (χ2n) is 4.22. The monoisotopic (exact) mass is 190 g/mol. The molecule has 14 heavy (non-hydrogen) atoms. The van der Waals surface area contributed by atoms with Gasteiger partial charge in [-0.1, -0.05) is 0 Å². The predicted octanol–water partition coefficient (Wildman–Crippen LogP) is 0.485. The van der Waals surface area contributed by atoms with Crippen LogP contribution in [0.15, 0.2) is 17.0 Å². The highest BCUT2D eigenvalue weighted by atomic mass is 16.1. The molecule has 73 valence electrons. The summed E-state index contributed by atoms with van der Waals surface area (Å²) < 4.78 is 0. The maximum Gasteiger partial charge on any atom is 0.139 e. The lowest BCUT2D eigenvalue weighted by atomic mass is 10.1. The van der Waals surface area contributed by atoms with Crippen molar-refractivity contribution < 1.29 is 4.79 Å². The van der Waals surface area contributed by atoms with Crippen molar-refractivity contribution in [2.24, 2.45) is 11.0 Å². The summed E-state index contributed by atoms with van der Waals surface area (Å²) in [7, 11) is 0. The summed E-state index contributed by atoms with van der Waals surface area (Å²) in [5, 5.41) is 3.99. The number of rotatable bonds is 1. The van der Waals surface area contributed by atoms with Crippen molar-refractivity contribution >= 4 is 11.5 Å². The number of hydrogen-bond acceptors (Lipinski definition) is 3. The minimum atomic E-state index is 0.272. The highest BCUT2D eigenvalue weighted by molar-refractivity contribution is 5.99. The second-order valence-corrected chi connectivity index (χ2v) is 4.22. The van der Waals surface area contributed by atoms with Gasteiger partial charge in [-0.25, -0.2) is 0 Å². The molecule has 0 aromatic carbocycles. The van der Waals surface area contributed by atoms with Crippen LogP contribution in [0.25, 0.3) is 0 Å². The summed E-state index contributed by atoms with van der Waals surface area (Å²) in [6.45, 7) is 2.84. The number of hydrogen-bond donors (Lipinski definition) is 0. The fourth-order valence-corrected chi connectivity index (χ4v) is 2.63. The minimum Gasteiger partial charge on any atom is -0.365 e. The summed E-state index contributed by atoms with van der Waals surface area (Å²) in [4.78, 5) is 13.7. The number of ketones is 1. The van der Waals surface area contributed by atoms with Gasteiger partial charge < -0.3 is 4.90 Å². The van der Waals surface area contributed by atoms with Gasteiger partial charge in [0.05, 0.1) is 17.6 Å². The van der Waals surface area contributed by atoms with Gasteiger partial charge in [-0.2, -0.15) is 10.5 Å². The van der Waals surface area contributed by atoms with E-state index >= 15 is 0 Å². The first-order chi connectivity index (χ1) is 6.75. The molecule has 0 aromatic rings. The van der Waals surface area contributed by atoms with Crippen molar-refractivity contribution in [1.29, 1.82) is 0 Å². The zero-order chi connectivity index (χ0) is 9.71. The van der Waals surface area contributed by atoms with Crippen LogP contribution in [-0.4, -0.2) is 29.0 Å². The Morgan fingerprint density at radius 2 is 2.43 bits per heavy atom. The van der Waals surface area contributed by atoms with Gasteiger partial charge in [0.25, 0.3) is 0 Å². The first-order valence-electron chi connectivity index (χ1n) is 5.00. The van der Waals surface area contributed by atoms with Crippen LogP contribution in [0.3, 0.4) is 0 Å². The molecule has 4 nitrogen and oxygen atoms in total. The number of carbonyl (C=O) groups is 1. The summed E-state index contributed by atoms with van der Waals surface area (Å²) in [5.74, 6) is 0.714. The van der Waals surface area contributed by atoms with Crippen LogP contribution >= 0.6 is 0 Å². The highest BCUT2D eigenvalue weighted by Crippen LogP contribution is 2.37. The fraction of sp³-hybridized carbons (Fsp3) is 0.600. The molecule has 1 saturated heterocycles. The van der Waals surface area contributed by atoms with Gasteiger partial charge in [-0.05, 0) is 13.3 Å². The molecule has 0 aromatic heterocycles. The van der Waals surface area contributed by atoms with Crippen molar-refractivity contribution in [3.05, 3.63) is 11.9 Å². The Balaban J connectivity index is 1.84. The zero-order valence-corrected chi connectivity index (χ0v) is 8.10. The van der Waals surface area contributed by atoms with Gasteiger partial charge in [-0.3, -0.25) is 4.79 Å². The predicted molar refractivity (Wildman–Crippen MR) is 51.6 cm³/mol. The normalized spacial score (nSPS) is 34.6. The number of fused-ring (bicyclic) bond motifs is 2. The molecule has 1 saturated carbocycles. The van der Waals surface area contributed by atoms with Crippen molar-refractivity contribution in [3.63, 3.8) is 0 Å². The molecule has 3 rings (SSSR count). The Kier molecular flexibility index (Phi) is 1.48. The van der Waals surface area contributed by atoms with E-state index in [-0.39, 0.29) is 5.92 Å². The van der Waals surface area contributed by atoms with E-state index in [4.69, 9.17) is 0 Å². The standard InChI is InChI=1S/C10H12N3O/c1-6-9(4-11-12-6)13-5-7-2-8(13)3-10(7)14/h4,7-8H,2-3,5H2,1H3. The maximum atomic E-state index is 11.4. The number of likely N-dealkylation sites (tertiary alicyclic amines) is 1. The number of Topliss-reactive ketones (excluding diaryl/α,β-unsaturated/α-hetero) is 1. The molecular weight excluding hydrogens is 178 g/mol. The molecule has 0 amide bonds. The molecule has 1 aliphatic carbocycles. The van der Waals surface area contributed by atoms with Crippen LogP contribution in [-0.2, 0) is 4.79 Å². The van der Waals surface area contributed by atoms with Gasteiger partial charge in [0.2, 0.25) is 0 Å². The van der Waals surface area contributed by atoms with Crippen molar-refractivity contribution in [2.75, 3.05) is 6.54 Å². The van der Waals surface area contributed by atoms with E-state index < -0.39 is 0 Å². The molecule has 2 aliphatic heterocycles. The Labute approximate surface area is 82.7 Å². The van der Waals surface area contributed by atoms with Crippen molar-refractivity contribution in [1.82, 2.24) is 10.3 Å². The molecular formula is C10H12N3O. The average molecular weight is 190 g/mol. The Morgan fingerprint density at radius 3 is 2.93 bits per heavy atom. The molecule has 2 bridgehead atoms. The molecule has 2 atom stereocenters. The Hall–Kier alpha value is -1.32. The zero-order valence-electron chi connectivity index (χ0n) is 8.10. The SMILES string of the molecule is CC1=N[N]C=C1N1CC2CC1CC2=O. The van der Waals surface area contributed by atoms with Gasteiger partial charge in [0.1, 0.15) is 5.78 Å². The first kappa shape index (κ1) is 8.03. The third kappa shape index (κ3) is 0.937. The van der Waals surface area contributed by atoms with Gasteiger partial charge in [0.15, 0.2) is 0 Å². The molecule has 0 N–H and O–H groups in total. The Bertz CT molecular complexity index is 358. The molecule has 2 fully saturated rings. The topological polar surface area (TPSA) is 46.8 Å². The fourth-order valence-electron chi connectivity index (χ4n) is 2.63. The van der Waals surface area contributed by atoms with Gasteiger partial charge >= 0.3 is 0 Å². The number of nitrogens with zero attached hydrogens (tertiary/aromatic N) is 3. The molecule has 2 unspecified atom stereocenters. The molecule has 1 radical (unpaired) electrons. The Morgan fingerprint density at radius 1 is 1.57 bits per heavy atom. The lowest BCUT2D eigenvalue weighted by Crippen LogP contribution is -2.36. The van der Waals surface area contributed by atoms with E-state index in [1.54, 1.807) is 6.20 Å². The second kappa shape index (κ2) is 2.59.